The van der Waals surface area contributed by atoms with E-state index in [1.54, 1.807) is 25.2 Å². The lowest BCUT2D eigenvalue weighted by Crippen LogP contribution is -2.32. The molecular formula is C40H55NO13S. The standard InChI is InChI=1S/C40H55NO13S/c1-41(40(42)53-33-39-37-13-7-5-11-35(37)36-12-6-8-14-38(36)39)15-16-45-17-18-46-19-20-47-21-22-48-23-24-49-25-26-50-27-28-51-29-30-52-31-32-54-55(43,44)34-9-3-2-4-10-34/h2-14,39H,15-33H2,1H3. The Balaban J connectivity index is 0.828. The molecular weight excluding hydrogens is 735 g/mol. The molecule has 304 valence electrons. The van der Waals surface area contributed by atoms with Gasteiger partial charge in [-0.2, -0.15) is 8.42 Å². The summed E-state index contributed by atoms with van der Waals surface area (Å²) >= 11 is 0. The fraction of sp³-hybridized carbons (Fsp3) is 0.525. The highest BCUT2D eigenvalue weighted by Crippen LogP contribution is 2.44. The monoisotopic (exact) mass is 789 g/mol. The first kappa shape index (κ1) is 44.2. The van der Waals surface area contributed by atoms with E-state index in [0.29, 0.717) is 112 Å². The average molecular weight is 790 g/mol. The number of benzene rings is 3. The molecule has 0 N–H and O–H groups in total. The van der Waals surface area contributed by atoms with E-state index in [1.807, 2.05) is 24.3 Å². The third-order valence-electron chi connectivity index (χ3n) is 8.32. The van der Waals surface area contributed by atoms with Crippen LogP contribution < -0.4 is 0 Å². The Morgan fingerprint density at radius 1 is 0.509 bits per heavy atom. The number of ether oxygens (including phenoxy) is 9. The molecule has 0 spiro atoms. The summed E-state index contributed by atoms with van der Waals surface area (Å²) in [5.41, 5.74) is 4.77. The van der Waals surface area contributed by atoms with Gasteiger partial charge in [-0.25, -0.2) is 4.79 Å². The second-order valence-electron chi connectivity index (χ2n) is 12.2. The van der Waals surface area contributed by atoms with Crippen LogP contribution in [0.25, 0.3) is 11.1 Å². The molecule has 0 radical (unpaired) electrons. The van der Waals surface area contributed by atoms with E-state index in [-0.39, 0.29) is 30.1 Å². The van der Waals surface area contributed by atoms with Crippen LogP contribution in [-0.4, -0.2) is 152 Å². The lowest BCUT2D eigenvalue weighted by Gasteiger charge is -2.19. The molecule has 1 aliphatic carbocycles. The van der Waals surface area contributed by atoms with Gasteiger partial charge in [-0.15, -0.1) is 0 Å². The molecule has 0 aromatic heterocycles. The van der Waals surface area contributed by atoms with Crippen molar-refractivity contribution < 1.29 is 60.0 Å². The van der Waals surface area contributed by atoms with Crippen LogP contribution in [0.1, 0.15) is 17.0 Å². The van der Waals surface area contributed by atoms with E-state index < -0.39 is 10.1 Å². The third kappa shape index (κ3) is 16.6. The van der Waals surface area contributed by atoms with Crippen molar-refractivity contribution in [2.75, 3.05) is 133 Å². The van der Waals surface area contributed by atoms with Crippen LogP contribution >= 0.6 is 0 Å². The smallest absolute Gasteiger partial charge is 0.409 e. The van der Waals surface area contributed by atoms with E-state index in [2.05, 4.69) is 24.3 Å². The van der Waals surface area contributed by atoms with E-state index >= 15 is 0 Å². The maximum atomic E-state index is 12.6. The number of hydrogen-bond donors (Lipinski definition) is 0. The summed E-state index contributed by atoms with van der Waals surface area (Å²) in [7, 11) is -2.06. The van der Waals surface area contributed by atoms with Gasteiger partial charge in [-0.05, 0) is 34.4 Å². The zero-order valence-electron chi connectivity index (χ0n) is 31.7. The summed E-state index contributed by atoms with van der Waals surface area (Å²) < 4.78 is 78.5. The van der Waals surface area contributed by atoms with Gasteiger partial charge in [0.2, 0.25) is 0 Å². The van der Waals surface area contributed by atoms with E-state index in [1.165, 1.54) is 39.3 Å². The maximum absolute atomic E-state index is 12.6. The van der Waals surface area contributed by atoms with E-state index in [4.69, 9.17) is 46.8 Å². The number of carbonyl (C=O) groups is 1. The van der Waals surface area contributed by atoms with Crippen LogP contribution in [0.5, 0.6) is 0 Å². The topological polar surface area (TPSA) is 147 Å². The molecule has 4 rings (SSSR count). The van der Waals surface area contributed by atoms with Crippen molar-refractivity contribution in [2.24, 2.45) is 0 Å². The largest absolute Gasteiger partial charge is 0.448 e. The molecule has 0 bridgehead atoms. The fourth-order valence-corrected chi connectivity index (χ4v) is 6.41. The Morgan fingerprint density at radius 3 is 1.31 bits per heavy atom. The number of carbonyl (C=O) groups excluding carboxylic acids is 1. The Hall–Kier alpha value is -3.48. The van der Waals surface area contributed by atoms with Crippen molar-refractivity contribution in [1.29, 1.82) is 0 Å². The first-order chi connectivity index (χ1) is 27.0. The quantitative estimate of drug-likeness (QED) is 0.0671. The third-order valence-corrected chi connectivity index (χ3v) is 9.65. The molecule has 0 fully saturated rings. The molecule has 0 heterocycles. The Labute approximate surface area is 324 Å². The van der Waals surface area contributed by atoms with Gasteiger partial charge in [0.15, 0.2) is 0 Å². The Kier molecular flexibility index (Phi) is 21.2. The van der Waals surface area contributed by atoms with Crippen molar-refractivity contribution in [1.82, 2.24) is 4.90 Å². The second-order valence-corrected chi connectivity index (χ2v) is 13.8. The fourth-order valence-electron chi connectivity index (χ4n) is 5.50. The molecule has 3 aromatic carbocycles. The predicted octanol–water partition coefficient (Wildman–Crippen LogP) is 4.41. The van der Waals surface area contributed by atoms with E-state index in [0.717, 1.165) is 0 Å². The zero-order valence-corrected chi connectivity index (χ0v) is 32.5. The van der Waals surface area contributed by atoms with Gasteiger partial charge in [0.05, 0.1) is 117 Å². The number of nitrogens with zero attached hydrogens (tertiary/aromatic N) is 1. The molecule has 15 heteroatoms. The summed E-state index contributed by atoms with van der Waals surface area (Å²) in [5, 5.41) is 0. The van der Waals surface area contributed by atoms with Crippen molar-refractivity contribution >= 4 is 16.2 Å². The van der Waals surface area contributed by atoms with Crippen LogP contribution in [0.3, 0.4) is 0 Å². The van der Waals surface area contributed by atoms with Crippen molar-refractivity contribution in [3.63, 3.8) is 0 Å². The predicted molar refractivity (Wildman–Crippen MR) is 204 cm³/mol. The first-order valence-electron chi connectivity index (χ1n) is 18.6. The summed E-state index contributed by atoms with van der Waals surface area (Å²) in [5.74, 6) is 0.0310. The summed E-state index contributed by atoms with van der Waals surface area (Å²) in [6.07, 6.45) is -0.373. The van der Waals surface area contributed by atoms with Gasteiger partial charge in [0, 0.05) is 19.5 Å². The normalized spacial score (nSPS) is 12.5. The lowest BCUT2D eigenvalue weighted by molar-refractivity contribution is -0.0238. The van der Waals surface area contributed by atoms with Crippen LogP contribution in [-0.2, 0) is 56.9 Å². The number of likely N-dealkylation sites (N-methyl/N-ethyl adjacent to an activating group) is 1. The Morgan fingerprint density at radius 2 is 0.873 bits per heavy atom. The first-order valence-corrected chi connectivity index (χ1v) is 20.0. The van der Waals surface area contributed by atoms with Gasteiger partial charge in [-0.3, -0.25) is 4.18 Å². The number of amides is 1. The number of fused-ring (bicyclic) bond motifs is 3. The van der Waals surface area contributed by atoms with Crippen LogP contribution in [0, 0.1) is 0 Å². The summed E-state index contributed by atoms with van der Waals surface area (Å²) in [4.78, 5) is 14.2. The minimum atomic E-state index is -3.77. The molecule has 1 amide bonds. The van der Waals surface area contributed by atoms with Crippen molar-refractivity contribution in [2.45, 2.75) is 10.8 Å². The Bertz CT molecular complexity index is 1550. The summed E-state index contributed by atoms with van der Waals surface area (Å²) in [6, 6.07) is 24.5. The van der Waals surface area contributed by atoms with Gasteiger partial charge in [-0.1, -0.05) is 66.7 Å². The molecule has 14 nitrogen and oxygen atoms in total. The number of hydrogen-bond acceptors (Lipinski definition) is 13. The van der Waals surface area contributed by atoms with Gasteiger partial charge >= 0.3 is 6.09 Å². The van der Waals surface area contributed by atoms with Gasteiger partial charge in [0.25, 0.3) is 10.1 Å². The van der Waals surface area contributed by atoms with Crippen molar-refractivity contribution in [3.05, 3.63) is 90.0 Å². The second kappa shape index (κ2) is 26.4. The lowest BCUT2D eigenvalue weighted by atomic mass is 9.98. The van der Waals surface area contributed by atoms with Crippen LogP contribution in [0.2, 0.25) is 0 Å². The SMILES string of the molecule is CN(CCOCCOCCOCCOCCOCCOCCOCCOCCOS(=O)(=O)c1ccccc1)C(=O)OCC1c2ccccc2-c2ccccc21. The molecule has 3 aromatic rings. The molecule has 0 unspecified atom stereocenters. The average Bonchev–Trinajstić information content (AvgIpc) is 3.53. The van der Waals surface area contributed by atoms with Crippen molar-refractivity contribution in [3.8, 4) is 11.1 Å². The molecule has 0 aliphatic heterocycles. The zero-order chi connectivity index (χ0) is 38.8. The highest BCUT2D eigenvalue weighted by molar-refractivity contribution is 7.86. The molecule has 0 saturated heterocycles. The molecule has 1 aliphatic rings. The van der Waals surface area contributed by atoms with Gasteiger partial charge < -0.3 is 47.5 Å². The van der Waals surface area contributed by atoms with Crippen LogP contribution in [0.4, 0.5) is 4.79 Å². The van der Waals surface area contributed by atoms with Gasteiger partial charge in [0.1, 0.15) is 6.61 Å². The molecule has 0 saturated carbocycles. The number of rotatable bonds is 31. The van der Waals surface area contributed by atoms with Crippen LogP contribution in [0.15, 0.2) is 83.8 Å². The highest BCUT2D eigenvalue weighted by atomic mass is 32.2. The highest BCUT2D eigenvalue weighted by Gasteiger charge is 2.29. The minimum absolute atomic E-state index is 0.0310. The maximum Gasteiger partial charge on any atom is 0.409 e. The van der Waals surface area contributed by atoms with E-state index in [9.17, 15) is 13.2 Å². The molecule has 55 heavy (non-hydrogen) atoms. The molecule has 0 atom stereocenters. The minimum Gasteiger partial charge on any atom is -0.448 e. The summed E-state index contributed by atoms with van der Waals surface area (Å²) in [6.45, 7) is 7.17.